The van der Waals surface area contributed by atoms with Crippen LogP contribution in [0.4, 0.5) is 10.1 Å². The van der Waals surface area contributed by atoms with Crippen LogP contribution in [-0.4, -0.2) is 37.8 Å². The van der Waals surface area contributed by atoms with Gasteiger partial charge in [0.25, 0.3) is 5.91 Å². The van der Waals surface area contributed by atoms with Crippen molar-refractivity contribution in [3.8, 4) is 0 Å². The summed E-state index contributed by atoms with van der Waals surface area (Å²) in [6.45, 7) is 2.35. The van der Waals surface area contributed by atoms with E-state index >= 15 is 0 Å². The van der Waals surface area contributed by atoms with Crippen LogP contribution in [0.15, 0.2) is 70.0 Å². The number of anilines is 1. The molecular weight excluding hydrogens is 670 g/mol. The van der Waals surface area contributed by atoms with Gasteiger partial charge in [-0.25, -0.2) is 12.8 Å². The zero-order valence-corrected chi connectivity index (χ0v) is 26.7. The normalized spacial score (nSPS) is 17.2. The minimum Gasteiger partial charge on any atom is -0.466 e. The molecule has 1 saturated carbocycles. The highest BCUT2D eigenvalue weighted by atomic mass is 79.9. The number of halogens is 4. The molecule has 3 aromatic rings. The number of sulfonamides is 1. The molecular formula is C30H30BrCl2FN2O5S. The Bertz CT molecular complexity index is 1560. The third kappa shape index (κ3) is 7.90. The summed E-state index contributed by atoms with van der Waals surface area (Å²) in [4.78, 5) is 25.0. The van der Waals surface area contributed by atoms with Crippen molar-refractivity contribution < 1.29 is 27.1 Å². The quantitative estimate of drug-likeness (QED) is 0.219. The maximum Gasteiger partial charge on any atom is 0.308 e. The van der Waals surface area contributed by atoms with Crippen LogP contribution in [0.3, 0.4) is 0 Å². The number of nitrogens with one attached hydrogen (secondary N) is 1. The van der Waals surface area contributed by atoms with Gasteiger partial charge in [0.1, 0.15) is 5.82 Å². The van der Waals surface area contributed by atoms with Gasteiger partial charge in [-0.05, 0) is 86.6 Å². The highest BCUT2D eigenvalue weighted by Gasteiger charge is 2.33. The molecule has 1 fully saturated rings. The molecule has 0 atom stereocenters. The fourth-order valence-electron chi connectivity index (χ4n) is 4.99. The number of carbonyl (C=O) groups is 2. The van der Waals surface area contributed by atoms with Crippen LogP contribution in [0, 0.1) is 17.7 Å². The van der Waals surface area contributed by atoms with E-state index in [9.17, 15) is 22.4 Å². The summed E-state index contributed by atoms with van der Waals surface area (Å²) < 4.78 is 50.2. The van der Waals surface area contributed by atoms with Gasteiger partial charge in [-0.1, -0.05) is 57.3 Å². The Morgan fingerprint density at radius 1 is 1.05 bits per heavy atom. The number of carbonyl (C=O) groups excluding carboxylic acids is 2. The molecule has 0 heterocycles. The maximum absolute atomic E-state index is 14.8. The second kappa shape index (κ2) is 14.3. The molecule has 224 valence electrons. The standard InChI is InChI=1S/C30H30BrCl2FN2O5S/c1-2-41-30(38)21-11-9-19(10-12-21)17-36(18-20-5-3-6-22(31)15-20)42(39,40)23-13-14-26(34)24(16-23)29(37)35-27-8-4-7-25(32)28(27)33/h3-8,13-16,19,21H,2,9-12,17-18H2,1H3,(H,35,37). The smallest absolute Gasteiger partial charge is 0.308 e. The highest BCUT2D eigenvalue weighted by molar-refractivity contribution is 9.10. The van der Waals surface area contributed by atoms with Gasteiger partial charge < -0.3 is 10.1 Å². The lowest BCUT2D eigenvalue weighted by Crippen LogP contribution is -2.37. The van der Waals surface area contributed by atoms with Crippen LogP contribution in [0.25, 0.3) is 0 Å². The predicted octanol–water partition coefficient (Wildman–Crippen LogP) is 7.71. The number of amides is 1. The van der Waals surface area contributed by atoms with E-state index in [1.165, 1.54) is 16.4 Å². The van der Waals surface area contributed by atoms with E-state index in [1.807, 2.05) is 24.3 Å². The van der Waals surface area contributed by atoms with Crippen LogP contribution in [-0.2, 0) is 26.1 Å². The molecule has 0 saturated heterocycles. The number of hydrogen-bond acceptors (Lipinski definition) is 5. The molecule has 0 aromatic heterocycles. The highest BCUT2D eigenvalue weighted by Crippen LogP contribution is 2.33. The van der Waals surface area contributed by atoms with Crippen molar-refractivity contribution in [1.82, 2.24) is 4.31 Å². The van der Waals surface area contributed by atoms with E-state index in [-0.39, 0.29) is 51.5 Å². The van der Waals surface area contributed by atoms with E-state index in [4.69, 9.17) is 27.9 Å². The summed E-state index contributed by atoms with van der Waals surface area (Å²) in [7, 11) is -4.18. The average Bonchev–Trinajstić information content (AvgIpc) is 2.95. The number of esters is 1. The topological polar surface area (TPSA) is 92.8 Å². The number of rotatable bonds is 10. The number of ether oxygens (including phenoxy) is 1. The van der Waals surface area contributed by atoms with Gasteiger partial charge in [0, 0.05) is 17.6 Å². The summed E-state index contributed by atoms with van der Waals surface area (Å²) >= 11 is 15.6. The fourth-order valence-corrected chi connectivity index (χ4v) is 7.32. The Balaban J connectivity index is 1.60. The van der Waals surface area contributed by atoms with E-state index < -0.39 is 27.3 Å². The largest absolute Gasteiger partial charge is 0.466 e. The minimum absolute atomic E-state index is 0.00536. The Labute approximate surface area is 263 Å². The van der Waals surface area contributed by atoms with Crippen molar-refractivity contribution in [2.45, 2.75) is 44.0 Å². The first kappa shape index (κ1) is 32.4. The Hall–Kier alpha value is -2.50. The molecule has 7 nitrogen and oxygen atoms in total. The number of benzene rings is 3. The maximum atomic E-state index is 14.8. The van der Waals surface area contributed by atoms with Gasteiger partial charge in [-0.2, -0.15) is 4.31 Å². The lowest BCUT2D eigenvalue weighted by Gasteiger charge is -2.31. The molecule has 0 radical (unpaired) electrons. The SMILES string of the molecule is CCOC(=O)C1CCC(CN(Cc2cccc(Br)c2)S(=O)(=O)c2ccc(F)c(C(=O)Nc3cccc(Cl)c3Cl)c2)CC1. The molecule has 42 heavy (non-hydrogen) atoms. The van der Waals surface area contributed by atoms with Crippen LogP contribution >= 0.6 is 39.1 Å². The van der Waals surface area contributed by atoms with Gasteiger partial charge in [0.2, 0.25) is 10.0 Å². The minimum atomic E-state index is -4.18. The zero-order chi connectivity index (χ0) is 30.4. The third-order valence-corrected chi connectivity index (χ3v) is 10.3. The van der Waals surface area contributed by atoms with Gasteiger partial charge >= 0.3 is 5.97 Å². The van der Waals surface area contributed by atoms with Crippen molar-refractivity contribution in [1.29, 1.82) is 0 Å². The second-order valence-corrected chi connectivity index (χ2v) is 13.7. The molecule has 1 amide bonds. The molecule has 3 aromatic carbocycles. The lowest BCUT2D eigenvalue weighted by atomic mass is 9.82. The van der Waals surface area contributed by atoms with E-state index in [2.05, 4.69) is 21.2 Å². The Kier molecular flexibility index (Phi) is 11.0. The van der Waals surface area contributed by atoms with Crippen molar-refractivity contribution in [2.24, 2.45) is 11.8 Å². The summed E-state index contributed by atoms with van der Waals surface area (Å²) in [6, 6.07) is 15.1. The van der Waals surface area contributed by atoms with Crippen LogP contribution < -0.4 is 5.32 Å². The van der Waals surface area contributed by atoms with Crippen molar-refractivity contribution >= 4 is 66.7 Å². The van der Waals surface area contributed by atoms with Crippen LogP contribution in [0.5, 0.6) is 0 Å². The molecule has 0 spiro atoms. The summed E-state index contributed by atoms with van der Waals surface area (Å²) in [5.74, 6) is -2.16. The second-order valence-electron chi connectivity index (χ2n) is 10.1. The average molecular weight is 700 g/mol. The molecule has 1 aliphatic rings. The first-order valence-corrected chi connectivity index (χ1v) is 16.4. The summed E-state index contributed by atoms with van der Waals surface area (Å²) in [5, 5.41) is 2.78. The zero-order valence-electron chi connectivity index (χ0n) is 22.8. The van der Waals surface area contributed by atoms with Gasteiger partial charge in [0.15, 0.2) is 0 Å². The summed E-state index contributed by atoms with van der Waals surface area (Å²) in [5.41, 5.74) is 0.463. The molecule has 0 unspecified atom stereocenters. The molecule has 1 N–H and O–H groups in total. The first-order valence-electron chi connectivity index (χ1n) is 13.5. The monoisotopic (exact) mass is 698 g/mol. The molecule has 4 rings (SSSR count). The summed E-state index contributed by atoms with van der Waals surface area (Å²) in [6.07, 6.45) is 2.54. The van der Waals surface area contributed by atoms with E-state index in [0.29, 0.717) is 32.3 Å². The fraction of sp³-hybridized carbons (Fsp3) is 0.333. The van der Waals surface area contributed by atoms with Gasteiger partial charge in [-0.15, -0.1) is 0 Å². The van der Waals surface area contributed by atoms with Crippen LogP contribution in [0.1, 0.15) is 48.5 Å². The molecule has 0 bridgehead atoms. The number of nitrogens with zero attached hydrogens (tertiary/aromatic N) is 1. The van der Waals surface area contributed by atoms with Crippen molar-refractivity contribution in [3.63, 3.8) is 0 Å². The lowest BCUT2D eigenvalue weighted by molar-refractivity contribution is -0.149. The van der Waals surface area contributed by atoms with Gasteiger partial charge in [0.05, 0.1) is 38.7 Å². The Morgan fingerprint density at radius 3 is 2.45 bits per heavy atom. The van der Waals surface area contributed by atoms with E-state index in [1.54, 1.807) is 13.0 Å². The van der Waals surface area contributed by atoms with E-state index in [0.717, 1.165) is 28.2 Å². The van der Waals surface area contributed by atoms with Crippen LogP contribution in [0.2, 0.25) is 10.0 Å². The van der Waals surface area contributed by atoms with Gasteiger partial charge in [-0.3, -0.25) is 9.59 Å². The molecule has 1 aliphatic carbocycles. The first-order chi connectivity index (χ1) is 20.0. The third-order valence-electron chi connectivity index (χ3n) is 7.20. The number of hydrogen-bond donors (Lipinski definition) is 1. The molecule has 0 aliphatic heterocycles. The van der Waals surface area contributed by atoms with Crippen molar-refractivity contribution in [3.05, 3.63) is 92.1 Å². The Morgan fingerprint density at radius 2 is 1.76 bits per heavy atom. The molecule has 12 heteroatoms. The predicted molar refractivity (Wildman–Crippen MR) is 165 cm³/mol. The van der Waals surface area contributed by atoms with Crippen molar-refractivity contribution in [2.75, 3.05) is 18.5 Å².